The van der Waals surface area contributed by atoms with E-state index in [9.17, 15) is 9.90 Å². The Labute approximate surface area is 135 Å². The molecule has 124 valence electrons. The van der Waals surface area contributed by atoms with Crippen molar-refractivity contribution < 1.29 is 9.90 Å². The Balaban J connectivity index is 2.88. The highest BCUT2D eigenvalue weighted by atomic mass is 16.3. The van der Waals surface area contributed by atoms with Crippen LogP contribution in [0.5, 0.6) is 0 Å². The fourth-order valence-corrected chi connectivity index (χ4v) is 2.91. The molecule has 0 heterocycles. The Morgan fingerprint density at radius 3 is 1.82 bits per heavy atom. The maximum absolute atomic E-state index is 12.8. The Morgan fingerprint density at radius 2 is 1.41 bits per heavy atom. The lowest BCUT2D eigenvalue weighted by atomic mass is 9.85. The van der Waals surface area contributed by atoms with Gasteiger partial charge in [0.25, 0.3) is 0 Å². The molecule has 3 heteroatoms. The number of amides is 1. The summed E-state index contributed by atoms with van der Waals surface area (Å²) in [6.07, 6.45) is -0.624. The Hall–Kier alpha value is -1.35. The van der Waals surface area contributed by atoms with Crippen molar-refractivity contribution in [1.29, 1.82) is 0 Å². The lowest BCUT2D eigenvalue weighted by molar-refractivity contribution is -0.141. The van der Waals surface area contributed by atoms with Crippen molar-refractivity contribution in [1.82, 2.24) is 4.90 Å². The molecule has 0 aliphatic heterocycles. The second kappa shape index (κ2) is 7.77. The summed E-state index contributed by atoms with van der Waals surface area (Å²) in [6, 6.07) is 8.20. The van der Waals surface area contributed by atoms with Gasteiger partial charge in [-0.3, -0.25) is 4.79 Å². The van der Waals surface area contributed by atoms with Gasteiger partial charge < -0.3 is 10.0 Å². The normalized spacial score (nSPS) is 15.7. The molecule has 0 fully saturated rings. The van der Waals surface area contributed by atoms with E-state index < -0.39 is 6.10 Å². The van der Waals surface area contributed by atoms with Crippen LogP contribution >= 0.6 is 0 Å². The number of nitrogens with zero attached hydrogens (tertiary/aromatic N) is 1. The SMILES string of the molecule is Cc1ccc([C@H](O)[C@@H](C)[C@H](C)C(=O)N(C(C)C)C(C)C)cc1. The van der Waals surface area contributed by atoms with E-state index in [1.54, 1.807) is 0 Å². The first-order chi connectivity index (χ1) is 10.2. The summed E-state index contributed by atoms with van der Waals surface area (Å²) in [5, 5.41) is 10.6. The third kappa shape index (κ3) is 4.33. The molecule has 0 saturated carbocycles. The minimum atomic E-state index is -0.624. The molecule has 1 N–H and O–H groups in total. The summed E-state index contributed by atoms with van der Waals surface area (Å²) in [5.41, 5.74) is 2.04. The van der Waals surface area contributed by atoms with Crippen molar-refractivity contribution in [3.8, 4) is 0 Å². The monoisotopic (exact) mass is 305 g/mol. The third-order valence-electron chi connectivity index (χ3n) is 4.46. The molecule has 3 nitrogen and oxygen atoms in total. The van der Waals surface area contributed by atoms with Gasteiger partial charge in [0, 0.05) is 18.0 Å². The van der Waals surface area contributed by atoms with Crippen molar-refractivity contribution in [2.45, 2.75) is 66.7 Å². The number of hydrogen-bond acceptors (Lipinski definition) is 2. The fraction of sp³-hybridized carbons (Fsp3) is 0.632. The van der Waals surface area contributed by atoms with Crippen molar-refractivity contribution in [3.63, 3.8) is 0 Å². The minimum Gasteiger partial charge on any atom is -0.388 e. The van der Waals surface area contributed by atoms with E-state index in [0.29, 0.717) is 0 Å². The van der Waals surface area contributed by atoms with Crippen molar-refractivity contribution >= 4 is 5.91 Å². The number of hydrogen-bond donors (Lipinski definition) is 1. The average molecular weight is 305 g/mol. The summed E-state index contributed by atoms with van der Waals surface area (Å²) in [7, 11) is 0. The van der Waals surface area contributed by atoms with Gasteiger partial charge in [0.2, 0.25) is 5.91 Å². The maximum Gasteiger partial charge on any atom is 0.226 e. The first-order valence-electron chi connectivity index (χ1n) is 8.23. The Morgan fingerprint density at radius 1 is 0.955 bits per heavy atom. The molecule has 0 aromatic heterocycles. The number of rotatable bonds is 6. The van der Waals surface area contributed by atoms with Crippen LogP contribution < -0.4 is 0 Å². The molecule has 0 aliphatic rings. The first kappa shape index (κ1) is 18.7. The standard InChI is InChI=1S/C19H31NO2/c1-12(2)20(13(3)4)19(22)16(7)15(6)18(21)17-10-8-14(5)9-11-17/h8-13,15-16,18,21H,1-7H3/t15-,16-,18+/m0/s1. The topological polar surface area (TPSA) is 40.5 Å². The van der Waals surface area contributed by atoms with E-state index in [2.05, 4.69) is 0 Å². The highest BCUT2D eigenvalue weighted by Gasteiger charge is 2.32. The second-order valence-electron chi connectivity index (χ2n) is 6.94. The Bertz CT molecular complexity index is 471. The highest BCUT2D eigenvalue weighted by Crippen LogP contribution is 2.30. The van der Waals surface area contributed by atoms with Crippen LogP contribution in [0.15, 0.2) is 24.3 Å². The van der Waals surface area contributed by atoms with E-state index in [1.165, 1.54) is 5.56 Å². The molecule has 1 rings (SSSR count). The lowest BCUT2D eigenvalue weighted by Gasteiger charge is -2.35. The van der Waals surface area contributed by atoms with Crippen LogP contribution in [-0.4, -0.2) is 28.0 Å². The molecule has 0 radical (unpaired) electrons. The van der Waals surface area contributed by atoms with Crippen LogP contribution in [0.25, 0.3) is 0 Å². The van der Waals surface area contributed by atoms with E-state index >= 15 is 0 Å². The average Bonchev–Trinajstić information content (AvgIpc) is 2.44. The van der Waals surface area contributed by atoms with Gasteiger partial charge in [-0.15, -0.1) is 0 Å². The predicted octanol–water partition coefficient (Wildman–Crippen LogP) is 3.95. The molecule has 1 amide bonds. The highest BCUT2D eigenvalue weighted by molar-refractivity contribution is 5.79. The van der Waals surface area contributed by atoms with E-state index in [4.69, 9.17) is 0 Å². The number of carbonyl (C=O) groups is 1. The zero-order valence-corrected chi connectivity index (χ0v) is 15.0. The quantitative estimate of drug-likeness (QED) is 0.864. The predicted molar refractivity (Wildman–Crippen MR) is 91.6 cm³/mol. The van der Waals surface area contributed by atoms with Crippen molar-refractivity contribution in [2.24, 2.45) is 11.8 Å². The summed E-state index contributed by atoms with van der Waals surface area (Å²) < 4.78 is 0. The molecular formula is C19H31NO2. The zero-order valence-electron chi connectivity index (χ0n) is 15.0. The summed E-state index contributed by atoms with van der Waals surface area (Å²) in [5.74, 6) is -0.236. The van der Waals surface area contributed by atoms with Gasteiger partial charge in [0.15, 0.2) is 0 Å². The minimum absolute atomic E-state index is 0.115. The molecule has 0 aliphatic carbocycles. The molecule has 0 unspecified atom stereocenters. The second-order valence-corrected chi connectivity index (χ2v) is 6.94. The molecular weight excluding hydrogens is 274 g/mol. The zero-order chi connectivity index (χ0) is 17.0. The summed E-state index contributed by atoms with van der Waals surface area (Å²) in [4.78, 5) is 14.7. The van der Waals surface area contributed by atoms with E-state index in [0.717, 1.165) is 5.56 Å². The fourth-order valence-electron chi connectivity index (χ4n) is 2.91. The molecule has 0 spiro atoms. The summed E-state index contributed by atoms with van der Waals surface area (Å²) in [6.45, 7) is 14.0. The third-order valence-corrected chi connectivity index (χ3v) is 4.46. The number of aryl methyl sites for hydroxylation is 1. The van der Waals surface area contributed by atoms with Crippen LogP contribution in [0.3, 0.4) is 0 Å². The van der Waals surface area contributed by atoms with Gasteiger partial charge in [0.1, 0.15) is 0 Å². The number of aliphatic hydroxyl groups excluding tert-OH is 1. The van der Waals surface area contributed by atoms with Crippen LogP contribution in [0, 0.1) is 18.8 Å². The molecule has 22 heavy (non-hydrogen) atoms. The Kier molecular flexibility index (Phi) is 6.61. The van der Waals surface area contributed by atoms with Gasteiger partial charge in [-0.1, -0.05) is 43.7 Å². The van der Waals surface area contributed by atoms with Crippen LogP contribution in [0.1, 0.15) is 58.8 Å². The van der Waals surface area contributed by atoms with Crippen molar-refractivity contribution in [3.05, 3.63) is 35.4 Å². The van der Waals surface area contributed by atoms with Crippen LogP contribution in [0.4, 0.5) is 0 Å². The molecule has 1 aromatic carbocycles. The van der Waals surface area contributed by atoms with Gasteiger partial charge in [-0.25, -0.2) is 0 Å². The molecule has 0 bridgehead atoms. The van der Waals surface area contributed by atoms with E-state index in [1.807, 2.05) is 77.6 Å². The molecule has 0 saturated heterocycles. The van der Waals surface area contributed by atoms with Gasteiger partial charge >= 0.3 is 0 Å². The maximum atomic E-state index is 12.8. The first-order valence-corrected chi connectivity index (χ1v) is 8.23. The van der Waals surface area contributed by atoms with Gasteiger partial charge in [-0.2, -0.15) is 0 Å². The molecule has 3 atom stereocenters. The smallest absolute Gasteiger partial charge is 0.226 e. The van der Waals surface area contributed by atoms with E-state index in [-0.39, 0.29) is 29.8 Å². The van der Waals surface area contributed by atoms with Gasteiger partial charge in [-0.05, 0) is 46.1 Å². The largest absolute Gasteiger partial charge is 0.388 e. The van der Waals surface area contributed by atoms with Crippen LogP contribution in [0.2, 0.25) is 0 Å². The molecule has 1 aromatic rings. The number of aliphatic hydroxyl groups is 1. The number of carbonyl (C=O) groups excluding carboxylic acids is 1. The van der Waals surface area contributed by atoms with Crippen molar-refractivity contribution in [2.75, 3.05) is 0 Å². The van der Waals surface area contributed by atoms with Crippen LogP contribution in [-0.2, 0) is 4.79 Å². The summed E-state index contributed by atoms with van der Waals surface area (Å²) >= 11 is 0. The lowest BCUT2D eigenvalue weighted by Crippen LogP contribution is -2.46. The van der Waals surface area contributed by atoms with Gasteiger partial charge in [0.05, 0.1) is 6.10 Å². The number of benzene rings is 1.